The van der Waals surface area contributed by atoms with E-state index in [4.69, 9.17) is 10.8 Å². The van der Waals surface area contributed by atoms with Crippen molar-refractivity contribution in [3.8, 4) is 10.6 Å². The van der Waals surface area contributed by atoms with Crippen molar-refractivity contribution in [1.29, 1.82) is 0 Å². The van der Waals surface area contributed by atoms with Gasteiger partial charge >= 0.3 is 5.97 Å². The average Bonchev–Trinajstić information content (AvgIpc) is 2.86. The van der Waals surface area contributed by atoms with Crippen LogP contribution >= 0.6 is 22.7 Å². The third kappa shape index (κ3) is 2.06. The number of hydrogen-bond acceptors (Lipinski definition) is 5. The molecule has 0 aromatic carbocycles. The van der Waals surface area contributed by atoms with Gasteiger partial charge in [-0.05, 0) is 11.4 Å². The molecule has 2 aromatic rings. The van der Waals surface area contributed by atoms with Crippen molar-refractivity contribution in [2.24, 2.45) is 5.73 Å². The Morgan fingerprint density at radius 2 is 2.33 bits per heavy atom. The third-order valence-electron chi connectivity index (χ3n) is 1.87. The number of thiophene rings is 1. The number of carboxylic acid groups (broad SMARTS) is 1. The van der Waals surface area contributed by atoms with Crippen molar-refractivity contribution in [3.05, 3.63) is 27.9 Å². The van der Waals surface area contributed by atoms with Crippen molar-refractivity contribution in [2.45, 2.75) is 6.04 Å². The summed E-state index contributed by atoms with van der Waals surface area (Å²) < 4.78 is 0. The Morgan fingerprint density at radius 3 is 2.93 bits per heavy atom. The van der Waals surface area contributed by atoms with Gasteiger partial charge in [0.15, 0.2) is 0 Å². The maximum Gasteiger partial charge on any atom is 0.326 e. The molecule has 0 radical (unpaired) electrons. The van der Waals surface area contributed by atoms with Crippen molar-refractivity contribution in [1.82, 2.24) is 4.98 Å². The second-order valence-electron chi connectivity index (χ2n) is 2.91. The average molecular weight is 240 g/mol. The molecule has 0 saturated heterocycles. The summed E-state index contributed by atoms with van der Waals surface area (Å²) in [4.78, 5) is 14.8. The fourth-order valence-electron chi connectivity index (χ4n) is 1.07. The summed E-state index contributed by atoms with van der Waals surface area (Å²) in [7, 11) is 0. The molecule has 0 spiro atoms. The number of nitrogens with two attached hydrogens (primary N) is 1. The Morgan fingerprint density at radius 1 is 1.53 bits per heavy atom. The Balaban J connectivity index is 2.28. The van der Waals surface area contributed by atoms with Crippen LogP contribution in [0.2, 0.25) is 0 Å². The highest BCUT2D eigenvalue weighted by molar-refractivity contribution is 7.14. The summed E-state index contributed by atoms with van der Waals surface area (Å²) in [5, 5.41) is 15.1. The zero-order valence-corrected chi connectivity index (χ0v) is 9.22. The molecule has 0 saturated carbocycles. The first-order valence-corrected chi connectivity index (χ1v) is 5.97. The predicted molar refractivity (Wildman–Crippen MR) is 60.0 cm³/mol. The lowest BCUT2D eigenvalue weighted by Gasteiger charge is -2.00. The van der Waals surface area contributed by atoms with Crippen LogP contribution in [0.5, 0.6) is 0 Å². The Hall–Kier alpha value is -1.24. The largest absolute Gasteiger partial charge is 0.480 e. The molecule has 0 bridgehead atoms. The molecule has 0 aliphatic carbocycles. The molecule has 6 heteroatoms. The maximum atomic E-state index is 10.6. The van der Waals surface area contributed by atoms with Gasteiger partial charge in [-0.15, -0.1) is 11.3 Å². The highest BCUT2D eigenvalue weighted by Gasteiger charge is 2.17. The highest BCUT2D eigenvalue weighted by atomic mass is 32.1. The summed E-state index contributed by atoms with van der Waals surface area (Å²) in [6, 6.07) is 0.910. The van der Waals surface area contributed by atoms with Gasteiger partial charge in [0.1, 0.15) is 11.0 Å². The van der Waals surface area contributed by atoms with E-state index in [0.717, 1.165) is 10.6 Å². The number of rotatable bonds is 3. The van der Waals surface area contributed by atoms with Crippen molar-refractivity contribution < 1.29 is 9.90 Å². The standard InChI is InChI=1S/C9H8N2O2S2/c10-7(9(12)13)6-4-15-8(11-6)5-1-2-14-3-5/h1-4,7H,10H2,(H,12,13). The molecule has 0 amide bonds. The lowest BCUT2D eigenvalue weighted by molar-refractivity contribution is -0.138. The van der Waals surface area contributed by atoms with E-state index in [1.165, 1.54) is 11.3 Å². The highest BCUT2D eigenvalue weighted by Crippen LogP contribution is 2.27. The second-order valence-corrected chi connectivity index (χ2v) is 4.54. The van der Waals surface area contributed by atoms with Crippen molar-refractivity contribution in [2.75, 3.05) is 0 Å². The van der Waals surface area contributed by atoms with Gasteiger partial charge in [0.25, 0.3) is 0 Å². The molecule has 1 atom stereocenters. The molecule has 1 unspecified atom stereocenters. The van der Waals surface area contributed by atoms with E-state index in [2.05, 4.69) is 4.98 Å². The Labute approximate surface area is 94.0 Å². The maximum absolute atomic E-state index is 10.6. The first-order valence-electron chi connectivity index (χ1n) is 4.15. The predicted octanol–water partition coefficient (Wildman–Crippen LogP) is 1.96. The molecule has 2 rings (SSSR count). The van der Waals surface area contributed by atoms with E-state index < -0.39 is 12.0 Å². The van der Waals surface area contributed by atoms with Crippen LogP contribution in [0, 0.1) is 0 Å². The molecule has 0 fully saturated rings. The summed E-state index contributed by atoms with van der Waals surface area (Å²) in [6.07, 6.45) is 0. The number of aliphatic carboxylic acids is 1. The zero-order chi connectivity index (χ0) is 10.8. The van der Waals surface area contributed by atoms with Crippen molar-refractivity contribution >= 4 is 28.6 Å². The summed E-state index contributed by atoms with van der Waals surface area (Å²) in [5.74, 6) is -1.06. The summed E-state index contributed by atoms with van der Waals surface area (Å²) in [5.41, 5.74) is 6.87. The Kier molecular flexibility index (Phi) is 2.81. The number of carbonyl (C=O) groups is 1. The number of thiazole rings is 1. The zero-order valence-electron chi connectivity index (χ0n) is 7.58. The van der Waals surface area contributed by atoms with Gasteiger partial charge < -0.3 is 10.8 Å². The van der Waals surface area contributed by atoms with E-state index in [9.17, 15) is 4.79 Å². The molecule has 78 valence electrons. The fourth-order valence-corrected chi connectivity index (χ4v) is 2.64. The van der Waals surface area contributed by atoms with Gasteiger partial charge in [-0.25, -0.2) is 4.98 Å². The van der Waals surface area contributed by atoms with Gasteiger partial charge in [0.2, 0.25) is 0 Å². The lowest BCUT2D eigenvalue weighted by Crippen LogP contribution is -2.20. The smallest absolute Gasteiger partial charge is 0.326 e. The summed E-state index contributed by atoms with van der Waals surface area (Å²) in [6.45, 7) is 0. The second kappa shape index (κ2) is 4.09. The van der Waals surface area contributed by atoms with Crippen LogP contribution in [0.3, 0.4) is 0 Å². The number of carboxylic acids is 1. The number of hydrogen-bond donors (Lipinski definition) is 2. The quantitative estimate of drug-likeness (QED) is 0.859. The number of aromatic nitrogens is 1. The van der Waals surface area contributed by atoms with Gasteiger partial charge in [-0.2, -0.15) is 11.3 Å². The fraction of sp³-hybridized carbons (Fsp3) is 0.111. The first-order chi connectivity index (χ1) is 7.18. The van der Waals surface area contributed by atoms with E-state index in [0.29, 0.717) is 5.69 Å². The molecular weight excluding hydrogens is 232 g/mol. The SMILES string of the molecule is NC(C(=O)O)c1csc(-c2ccsc2)n1. The van der Waals surface area contributed by atoms with Gasteiger partial charge in [0.05, 0.1) is 5.69 Å². The van der Waals surface area contributed by atoms with Crippen LogP contribution in [0.4, 0.5) is 0 Å². The minimum atomic E-state index is -1.06. The van der Waals surface area contributed by atoms with Gasteiger partial charge in [0, 0.05) is 16.3 Å². The van der Waals surface area contributed by atoms with Gasteiger partial charge in [-0.1, -0.05) is 0 Å². The van der Waals surface area contributed by atoms with Crippen LogP contribution in [-0.2, 0) is 4.79 Å². The van der Waals surface area contributed by atoms with E-state index in [-0.39, 0.29) is 0 Å². The number of nitrogens with zero attached hydrogens (tertiary/aromatic N) is 1. The Bertz CT molecular complexity index is 464. The van der Waals surface area contributed by atoms with Crippen LogP contribution in [-0.4, -0.2) is 16.1 Å². The normalized spacial score (nSPS) is 12.6. The van der Waals surface area contributed by atoms with E-state index >= 15 is 0 Å². The molecule has 3 N–H and O–H groups in total. The van der Waals surface area contributed by atoms with Crippen molar-refractivity contribution in [3.63, 3.8) is 0 Å². The minimum absolute atomic E-state index is 0.411. The molecule has 2 aromatic heterocycles. The topological polar surface area (TPSA) is 76.2 Å². The monoisotopic (exact) mass is 240 g/mol. The molecule has 0 aliphatic rings. The summed E-state index contributed by atoms with van der Waals surface area (Å²) >= 11 is 2.98. The van der Waals surface area contributed by atoms with Crippen LogP contribution in [0.15, 0.2) is 22.2 Å². The molecule has 2 heterocycles. The minimum Gasteiger partial charge on any atom is -0.480 e. The van der Waals surface area contributed by atoms with Crippen LogP contribution < -0.4 is 5.73 Å². The third-order valence-corrected chi connectivity index (χ3v) is 3.47. The van der Waals surface area contributed by atoms with E-state index in [1.807, 2.05) is 16.8 Å². The van der Waals surface area contributed by atoms with E-state index in [1.54, 1.807) is 16.7 Å². The lowest BCUT2D eigenvalue weighted by atomic mass is 10.2. The first kappa shape index (κ1) is 10.3. The molecular formula is C9H8N2O2S2. The van der Waals surface area contributed by atoms with Gasteiger partial charge in [-0.3, -0.25) is 4.79 Å². The van der Waals surface area contributed by atoms with Crippen LogP contribution in [0.1, 0.15) is 11.7 Å². The molecule has 4 nitrogen and oxygen atoms in total. The molecule has 15 heavy (non-hydrogen) atoms. The molecule has 0 aliphatic heterocycles. The van der Waals surface area contributed by atoms with Crippen LogP contribution in [0.25, 0.3) is 10.6 Å².